The van der Waals surface area contributed by atoms with Crippen LogP contribution in [0.5, 0.6) is 0 Å². The van der Waals surface area contributed by atoms with E-state index in [1.165, 1.54) is 12.8 Å². The van der Waals surface area contributed by atoms with Crippen LogP contribution in [0.3, 0.4) is 0 Å². The minimum Gasteiger partial charge on any atom is -0.396 e. The highest BCUT2D eigenvalue weighted by Crippen LogP contribution is 2.29. The number of aliphatic hydroxyl groups excluding tert-OH is 2. The lowest BCUT2D eigenvalue weighted by molar-refractivity contribution is 0.115. The molecule has 3 N–H and O–H groups in total. The zero-order chi connectivity index (χ0) is 10.7. The average molecular weight is 201 g/mol. The topological polar surface area (TPSA) is 52.5 Å². The molecule has 0 radical (unpaired) electrons. The van der Waals surface area contributed by atoms with Crippen molar-refractivity contribution in [2.45, 2.75) is 45.1 Å². The van der Waals surface area contributed by atoms with Crippen LogP contribution in [0, 0.1) is 5.41 Å². The predicted molar refractivity (Wildman–Crippen MR) is 57.2 cm³/mol. The molecular weight excluding hydrogens is 178 g/mol. The number of hydrogen-bond donors (Lipinski definition) is 3. The molecule has 1 fully saturated rings. The molecule has 0 aromatic rings. The van der Waals surface area contributed by atoms with Gasteiger partial charge in [-0.2, -0.15) is 0 Å². The third-order valence-electron chi connectivity index (χ3n) is 3.23. The minimum absolute atomic E-state index is 0.0631. The Morgan fingerprint density at radius 3 is 2.21 bits per heavy atom. The van der Waals surface area contributed by atoms with Gasteiger partial charge >= 0.3 is 0 Å². The molecule has 3 nitrogen and oxygen atoms in total. The van der Waals surface area contributed by atoms with Gasteiger partial charge in [-0.25, -0.2) is 0 Å². The molecule has 0 aliphatic heterocycles. The molecule has 84 valence electrons. The van der Waals surface area contributed by atoms with Crippen LogP contribution in [-0.4, -0.2) is 35.5 Å². The van der Waals surface area contributed by atoms with Crippen LogP contribution in [0.15, 0.2) is 0 Å². The molecule has 14 heavy (non-hydrogen) atoms. The molecule has 0 atom stereocenters. The minimum atomic E-state index is -0.0925. The van der Waals surface area contributed by atoms with Crippen LogP contribution < -0.4 is 5.32 Å². The number of hydrogen-bond acceptors (Lipinski definition) is 3. The Bertz CT molecular complexity index is 174. The maximum Gasteiger partial charge on any atom is 0.0613 e. The van der Waals surface area contributed by atoms with Gasteiger partial charge in [0.15, 0.2) is 0 Å². The van der Waals surface area contributed by atoms with Crippen LogP contribution in [-0.2, 0) is 0 Å². The quantitative estimate of drug-likeness (QED) is 0.619. The van der Waals surface area contributed by atoms with Gasteiger partial charge in [-0.3, -0.25) is 0 Å². The van der Waals surface area contributed by atoms with Crippen molar-refractivity contribution < 1.29 is 10.2 Å². The van der Waals surface area contributed by atoms with Crippen molar-refractivity contribution in [1.82, 2.24) is 5.32 Å². The van der Waals surface area contributed by atoms with Crippen molar-refractivity contribution in [2.24, 2.45) is 5.41 Å². The predicted octanol–water partition coefficient (Wildman–Crippen LogP) is 0.900. The van der Waals surface area contributed by atoms with Crippen LogP contribution in [0.25, 0.3) is 0 Å². The fraction of sp³-hybridized carbons (Fsp3) is 1.00. The first-order valence-corrected chi connectivity index (χ1v) is 5.50. The molecular formula is C11H23NO2. The van der Waals surface area contributed by atoms with Crippen molar-refractivity contribution in [3.8, 4) is 0 Å². The molecule has 0 unspecified atom stereocenters. The molecule has 0 amide bonds. The average Bonchev–Trinajstić information content (AvgIpc) is 2.65. The Kier molecular flexibility index (Phi) is 3.93. The Morgan fingerprint density at radius 2 is 1.79 bits per heavy atom. The zero-order valence-electron chi connectivity index (χ0n) is 9.34. The van der Waals surface area contributed by atoms with Crippen molar-refractivity contribution in [2.75, 3.05) is 19.8 Å². The SMILES string of the molecule is CC(C)(CO)CNC1(CO)CCCC1. The van der Waals surface area contributed by atoms with Gasteiger partial charge in [0.2, 0.25) is 0 Å². The molecule has 0 heterocycles. The summed E-state index contributed by atoms with van der Waals surface area (Å²) in [7, 11) is 0. The molecule has 0 bridgehead atoms. The van der Waals surface area contributed by atoms with E-state index in [1.807, 2.05) is 13.8 Å². The Hall–Kier alpha value is -0.120. The highest BCUT2D eigenvalue weighted by molar-refractivity contribution is 4.93. The third kappa shape index (κ3) is 2.94. The fourth-order valence-corrected chi connectivity index (χ4v) is 1.93. The van der Waals surface area contributed by atoms with Crippen molar-refractivity contribution in [1.29, 1.82) is 0 Å². The first-order chi connectivity index (χ1) is 6.54. The third-order valence-corrected chi connectivity index (χ3v) is 3.23. The lowest BCUT2D eigenvalue weighted by Crippen LogP contribution is -2.50. The summed E-state index contributed by atoms with van der Waals surface area (Å²) in [6.45, 7) is 5.22. The maximum absolute atomic E-state index is 9.36. The Labute approximate surface area is 86.5 Å². The summed E-state index contributed by atoms with van der Waals surface area (Å²) >= 11 is 0. The number of nitrogens with one attached hydrogen (secondary N) is 1. The van der Waals surface area contributed by atoms with Crippen LogP contribution in [0.1, 0.15) is 39.5 Å². The number of rotatable bonds is 5. The van der Waals surface area contributed by atoms with E-state index in [9.17, 15) is 5.11 Å². The summed E-state index contributed by atoms with van der Waals surface area (Å²) < 4.78 is 0. The van der Waals surface area contributed by atoms with Gasteiger partial charge < -0.3 is 15.5 Å². The zero-order valence-corrected chi connectivity index (χ0v) is 9.34. The van der Waals surface area contributed by atoms with E-state index in [2.05, 4.69) is 5.32 Å². The van der Waals surface area contributed by atoms with Gasteiger partial charge in [0.25, 0.3) is 0 Å². The molecule has 0 spiro atoms. The maximum atomic E-state index is 9.36. The summed E-state index contributed by atoms with van der Waals surface area (Å²) in [5.41, 5.74) is -0.156. The van der Waals surface area contributed by atoms with Crippen molar-refractivity contribution in [3.05, 3.63) is 0 Å². The molecule has 3 heteroatoms. The summed E-state index contributed by atoms with van der Waals surface area (Å²) in [6, 6.07) is 0. The Morgan fingerprint density at radius 1 is 1.21 bits per heavy atom. The van der Waals surface area contributed by atoms with E-state index < -0.39 is 0 Å². The van der Waals surface area contributed by atoms with E-state index in [0.29, 0.717) is 0 Å². The summed E-state index contributed by atoms with van der Waals surface area (Å²) in [6.07, 6.45) is 4.52. The standard InChI is InChI=1S/C11H23NO2/c1-10(2,8-13)7-12-11(9-14)5-3-4-6-11/h12-14H,3-9H2,1-2H3. The first-order valence-electron chi connectivity index (χ1n) is 5.50. The Balaban J connectivity index is 2.41. The van der Waals surface area contributed by atoms with Gasteiger partial charge in [-0.05, 0) is 12.8 Å². The second kappa shape index (κ2) is 4.60. The van der Waals surface area contributed by atoms with Crippen LogP contribution >= 0.6 is 0 Å². The number of aliphatic hydroxyl groups is 2. The van der Waals surface area contributed by atoms with E-state index in [-0.39, 0.29) is 24.2 Å². The van der Waals surface area contributed by atoms with E-state index in [0.717, 1.165) is 19.4 Å². The molecule has 1 aliphatic carbocycles. The smallest absolute Gasteiger partial charge is 0.0613 e. The molecule has 1 aliphatic rings. The van der Waals surface area contributed by atoms with Crippen molar-refractivity contribution in [3.63, 3.8) is 0 Å². The van der Waals surface area contributed by atoms with Crippen molar-refractivity contribution >= 4 is 0 Å². The lowest BCUT2D eigenvalue weighted by atomic mass is 9.91. The molecule has 0 aromatic carbocycles. The molecule has 1 rings (SSSR count). The van der Waals surface area contributed by atoms with E-state index in [4.69, 9.17) is 5.11 Å². The largest absolute Gasteiger partial charge is 0.396 e. The monoisotopic (exact) mass is 201 g/mol. The molecule has 0 aromatic heterocycles. The van der Waals surface area contributed by atoms with E-state index in [1.54, 1.807) is 0 Å². The van der Waals surface area contributed by atoms with E-state index >= 15 is 0 Å². The fourth-order valence-electron chi connectivity index (χ4n) is 1.93. The summed E-state index contributed by atoms with van der Waals surface area (Å²) in [5.74, 6) is 0. The van der Waals surface area contributed by atoms with Gasteiger partial charge in [0, 0.05) is 24.1 Å². The highest BCUT2D eigenvalue weighted by atomic mass is 16.3. The molecule has 1 saturated carbocycles. The van der Waals surface area contributed by atoms with Gasteiger partial charge in [-0.15, -0.1) is 0 Å². The van der Waals surface area contributed by atoms with Gasteiger partial charge in [0.1, 0.15) is 0 Å². The summed E-state index contributed by atoms with van der Waals surface area (Å²) in [4.78, 5) is 0. The summed E-state index contributed by atoms with van der Waals surface area (Å²) in [5, 5.41) is 21.9. The lowest BCUT2D eigenvalue weighted by Gasteiger charge is -2.33. The van der Waals surface area contributed by atoms with Crippen LogP contribution in [0.2, 0.25) is 0 Å². The molecule has 0 saturated heterocycles. The van der Waals surface area contributed by atoms with Crippen LogP contribution in [0.4, 0.5) is 0 Å². The second-order valence-electron chi connectivity index (χ2n) is 5.32. The normalized spacial score (nSPS) is 21.4. The van der Waals surface area contributed by atoms with Gasteiger partial charge in [0.05, 0.1) is 6.61 Å². The first kappa shape index (κ1) is 12.0. The van der Waals surface area contributed by atoms with Gasteiger partial charge in [-0.1, -0.05) is 26.7 Å². The second-order valence-corrected chi connectivity index (χ2v) is 5.32. The highest BCUT2D eigenvalue weighted by Gasteiger charge is 2.34.